The summed E-state index contributed by atoms with van der Waals surface area (Å²) in [7, 11) is -3.30. The molecule has 1 saturated heterocycles. The van der Waals surface area contributed by atoms with Gasteiger partial charge in [0.25, 0.3) is 0 Å². The highest BCUT2D eigenvalue weighted by atomic mass is 32.2. The molecule has 0 unspecified atom stereocenters. The van der Waals surface area contributed by atoms with Crippen LogP contribution in [0.4, 0.5) is 13.2 Å². The van der Waals surface area contributed by atoms with Crippen molar-refractivity contribution in [3.63, 3.8) is 0 Å². The van der Waals surface area contributed by atoms with Gasteiger partial charge >= 0.3 is 6.18 Å². The first-order valence-electron chi connectivity index (χ1n) is 8.23. The van der Waals surface area contributed by atoms with Crippen molar-refractivity contribution < 1.29 is 21.6 Å². The molecule has 1 aromatic heterocycles. The number of hydrogen-bond donors (Lipinski definition) is 0. The van der Waals surface area contributed by atoms with E-state index in [-0.39, 0.29) is 6.04 Å². The van der Waals surface area contributed by atoms with Crippen LogP contribution >= 0.6 is 0 Å². The van der Waals surface area contributed by atoms with Crippen molar-refractivity contribution in [1.29, 1.82) is 0 Å². The first kappa shape index (κ1) is 18.8. The van der Waals surface area contributed by atoms with Crippen molar-refractivity contribution in [2.45, 2.75) is 31.5 Å². The topological polar surface area (TPSA) is 50.3 Å². The minimum absolute atomic E-state index is 0.280. The second-order valence-corrected chi connectivity index (χ2v) is 8.39. The van der Waals surface area contributed by atoms with E-state index in [0.29, 0.717) is 36.3 Å². The van der Waals surface area contributed by atoms with Gasteiger partial charge in [-0.2, -0.15) is 17.5 Å². The molecule has 0 radical (unpaired) electrons. The van der Waals surface area contributed by atoms with Gasteiger partial charge in [-0.3, -0.25) is 4.98 Å². The van der Waals surface area contributed by atoms with Gasteiger partial charge in [-0.25, -0.2) is 8.42 Å². The molecule has 3 rings (SSSR count). The number of nitrogens with zero attached hydrogens (tertiary/aromatic N) is 2. The van der Waals surface area contributed by atoms with Gasteiger partial charge < -0.3 is 0 Å². The lowest BCUT2D eigenvalue weighted by Crippen LogP contribution is -2.30. The van der Waals surface area contributed by atoms with E-state index in [0.717, 1.165) is 18.6 Å². The lowest BCUT2D eigenvalue weighted by atomic mass is 10.1. The molecule has 1 aromatic carbocycles. The Labute approximate surface area is 150 Å². The summed E-state index contributed by atoms with van der Waals surface area (Å²) in [5, 5.41) is 0. The van der Waals surface area contributed by atoms with Crippen LogP contribution < -0.4 is 0 Å². The maximum Gasteiger partial charge on any atom is 0.416 e. The largest absolute Gasteiger partial charge is 0.416 e. The van der Waals surface area contributed by atoms with Gasteiger partial charge in [-0.05, 0) is 42.7 Å². The lowest BCUT2D eigenvalue weighted by molar-refractivity contribution is -0.137. The molecule has 2 aromatic rings. The quantitative estimate of drug-likeness (QED) is 0.806. The smallest absolute Gasteiger partial charge is 0.256 e. The highest BCUT2D eigenvalue weighted by molar-refractivity contribution is 7.88. The first-order chi connectivity index (χ1) is 12.1. The fourth-order valence-electron chi connectivity index (χ4n) is 3.24. The van der Waals surface area contributed by atoms with E-state index in [1.54, 1.807) is 18.2 Å². The molecule has 1 fully saturated rings. The summed E-state index contributed by atoms with van der Waals surface area (Å²) in [5.74, 6) is 0. The number of benzene rings is 1. The molecule has 8 heteroatoms. The SMILES string of the molecule is CS(=O)(=O)N1CCC[C@H]1c1cccc(Cc2ccc(C(F)(F)F)cc2)n1. The standard InChI is InChI=1S/C18H19F3N2O2S/c1-26(24,25)23-11-3-6-17(23)16-5-2-4-15(22-16)12-13-7-9-14(10-8-13)18(19,20)21/h2,4-5,7-10,17H,3,6,11-12H2,1H3/t17-/m0/s1. The van der Waals surface area contributed by atoms with Crippen LogP contribution in [0.3, 0.4) is 0 Å². The van der Waals surface area contributed by atoms with Gasteiger partial charge in [0.05, 0.1) is 23.6 Å². The average Bonchev–Trinajstić information content (AvgIpc) is 3.05. The van der Waals surface area contributed by atoms with Crippen LogP contribution in [-0.4, -0.2) is 30.5 Å². The van der Waals surface area contributed by atoms with Gasteiger partial charge in [0.15, 0.2) is 0 Å². The molecule has 1 aliphatic heterocycles. The van der Waals surface area contributed by atoms with E-state index in [4.69, 9.17) is 0 Å². The molecule has 0 saturated carbocycles. The van der Waals surface area contributed by atoms with Gasteiger partial charge in [0, 0.05) is 18.7 Å². The Bertz CT molecular complexity index is 880. The van der Waals surface area contributed by atoms with Gasteiger partial charge in [0.1, 0.15) is 0 Å². The molecule has 0 aliphatic carbocycles. The van der Waals surface area contributed by atoms with Crippen LogP contribution in [0.25, 0.3) is 0 Å². The normalized spacial score (nSPS) is 19.0. The second-order valence-electron chi connectivity index (χ2n) is 6.46. The first-order valence-corrected chi connectivity index (χ1v) is 10.1. The Hall–Kier alpha value is -1.93. The zero-order valence-corrected chi connectivity index (χ0v) is 15.0. The summed E-state index contributed by atoms with van der Waals surface area (Å²) in [4.78, 5) is 4.56. The maximum atomic E-state index is 12.6. The zero-order chi connectivity index (χ0) is 18.9. The Morgan fingerprint density at radius 1 is 1.15 bits per heavy atom. The van der Waals surface area contributed by atoms with Crippen LogP contribution in [0, 0.1) is 0 Å². The number of alkyl halides is 3. The fraction of sp³-hybridized carbons (Fsp3) is 0.389. The van der Waals surface area contributed by atoms with E-state index in [2.05, 4.69) is 4.98 Å². The number of halogens is 3. The summed E-state index contributed by atoms with van der Waals surface area (Å²) < 4.78 is 63.2. The molecule has 2 heterocycles. The van der Waals surface area contributed by atoms with E-state index >= 15 is 0 Å². The van der Waals surface area contributed by atoms with Crippen LogP contribution in [0.1, 0.15) is 41.4 Å². The molecule has 4 nitrogen and oxygen atoms in total. The fourth-order valence-corrected chi connectivity index (χ4v) is 4.37. The molecular weight excluding hydrogens is 365 g/mol. The molecule has 0 N–H and O–H groups in total. The van der Waals surface area contributed by atoms with Crippen molar-refractivity contribution >= 4 is 10.0 Å². The van der Waals surface area contributed by atoms with Crippen LogP contribution in [-0.2, 0) is 22.6 Å². The van der Waals surface area contributed by atoms with Crippen molar-refractivity contribution in [3.05, 3.63) is 65.0 Å². The van der Waals surface area contributed by atoms with E-state index in [9.17, 15) is 21.6 Å². The highest BCUT2D eigenvalue weighted by Crippen LogP contribution is 2.33. The number of hydrogen-bond acceptors (Lipinski definition) is 3. The number of pyridine rings is 1. The molecule has 26 heavy (non-hydrogen) atoms. The predicted octanol–water partition coefficient (Wildman–Crippen LogP) is 3.79. The summed E-state index contributed by atoms with van der Waals surface area (Å²) >= 11 is 0. The number of rotatable bonds is 4. The number of aromatic nitrogens is 1. The average molecular weight is 384 g/mol. The molecule has 140 valence electrons. The highest BCUT2D eigenvalue weighted by Gasteiger charge is 2.33. The third-order valence-corrected chi connectivity index (χ3v) is 5.75. The Morgan fingerprint density at radius 3 is 2.46 bits per heavy atom. The van der Waals surface area contributed by atoms with Crippen LogP contribution in [0.2, 0.25) is 0 Å². The zero-order valence-electron chi connectivity index (χ0n) is 14.2. The van der Waals surface area contributed by atoms with E-state index in [1.165, 1.54) is 22.7 Å². The third-order valence-electron chi connectivity index (χ3n) is 4.47. The van der Waals surface area contributed by atoms with Crippen LogP contribution in [0.5, 0.6) is 0 Å². The Kier molecular flexibility index (Phi) is 5.07. The molecule has 0 spiro atoms. The molecular formula is C18H19F3N2O2S. The minimum atomic E-state index is -4.35. The van der Waals surface area contributed by atoms with Crippen molar-refractivity contribution in [2.75, 3.05) is 12.8 Å². The number of sulfonamides is 1. The van der Waals surface area contributed by atoms with E-state index < -0.39 is 21.8 Å². The van der Waals surface area contributed by atoms with Crippen molar-refractivity contribution in [3.8, 4) is 0 Å². The van der Waals surface area contributed by atoms with Gasteiger partial charge in [-0.1, -0.05) is 18.2 Å². The summed E-state index contributed by atoms with van der Waals surface area (Å²) in [5.41, 5.74) is 1.41. The molecule has 1 aliphatic rings. The van der Waals surface area contributed by atoms with Gasteiger partial charge in [-0.15, -0.1) is 0 Å². The van der Waals surface area contributed by atoms with Crippen molar-refractivity contribution in [1.82, 2.24) is 9.29 Å². The third kappa shape index (κ3) is 4.24. The molecule has 0 amide bonds. The molecule has 0 bridgehead atoms. The van der Waals surface area contributed by atoms with Crippen LogP contribution in [0.15, 0.2) is 42.5 Å². The Balaban J connectivity index is 1.80. The summed E-state index contributed by atoms with van der Waals surface area (Å²) in [6.07, 6.45) is -1.28. The van der Waals surface area contributed by atoms with Gasteiger partial charge in [0.2, 0.25) is 10.0 Å². The predicted molar refractivity (Wildman–Crippen MR) is 92.0 cm³/mol. The second kappa shape index (κ2) is 7.00. The maximum absolute atomic E-state index is 12.6. The lowest BCUT2D eigenvalue weighted by Gasteiger charge is -2.22. The molecule has 1 atom stereocenters. The monoisotopic (exact) mass is 384 g/mol. The summed E-state index contributed by atoms with van der Waals surface area (Å²) in [6, 6.07) is 10.1. The van der Waals surface area contributed by atoms with E-state index in [1.807, 2.05) is 0 Å². The Morgan fingerprint density at radius 2 is 1.85 bits per heavy atom. The minimum Gasteiger partial charge on any atom is -0.256 e. The van der Waals surface area contributed by atoms with Crippen molar-refractivity contribution in [2.24, 2.45) is 0 Å². The summed E-state index contributed by atoms with van der Waals surface area (Å²) in [6.45, 7) is 0.480.